The Hall–Kier alpha value is -2.45. The quantitative estimate of drug-likeness (QED) is 0.539. The smallest absolute Gasteiger partial charge is 0.244 e. The van der Waals surface area contributed by atoms with Gasteiger partial charge in [0.25, 0.3) is 0 Å². The molecule has 0 aliphatic rings. The van der Waals surface area contributed by atoms with Gasteiger partial charge in [-0.1, -0.05) is 37.6 Å². The van der Waals surface area contributed by atoms with E-state index in [-0.39, 0.29) is 23.4 Å². The summed E-state index contributed by atoms with van der Waals surface area (Å²) >= 11 is 6.22. The standard InChI is InChI=1S/C23H31ClN2O5S/c1-7-19(16-9-11-21(30-4)15(3)13-16)25-23(27)20(8-2)26(32(6,28)29)17-10-12-22(31-5)18(24)14-17/h9-14,19-20H,7-8H2,1-6H3,(H,25,27)/t19-,20+/m0/s1. The summed E-state index contributed by atoms with van der Waals surface area (Å²) in [5.41, 5.74) is 2.18. The van der Waals surface area contributed by atoms with E-state index in [2.05, 4.69) is 5.32 Å². The maximum Gasteiger partial charge on any atom is 0.244 e. The van der Waals surface area contributed by atoms with Gasteiger partial charge < -0.3 is 14.8 Å². The highest BCUT2D eigenvalue weighted by Gasteiger charge is 2.33. The molecule has 0 fully saturated rings. The minimum absolute atomic E-state index is 0.258. The second kappa shape index (κ2) is 10.9. The molecule has 0 saturated heterocycles. The van der Waals surface area contributed by atoms with E-state index in [1.807, 2.05) is 32.0 Å². The van der Waals surface area contributed by atoms with E-state index in [4.69, 9.17) is 21.1 Å². The molecule has 0 aliphatic carbocycles. The third kappa shape index (κ3) is 5.86. The van der Waals surface area contributed by atoms with E-state index in [1.165, 1.54) is 13.2 Å². The van der Waals surface area contributed by atoms with Gasteiger partial charge >= 0.3 is 0 Å². The van der Waals surface area contributed by atoms with Gasteiger partial charge in [0.15, 0.2) is 0 Å². The van der Waals surface area contributed by atoms with Gasteiger partial charge in [0.05, 0.1) is 37.2 Å². The lowest BCUT2D eigenvalue weighted by Crippen LogP contribution is -2.50. The predicted octanol–water partition coefficient (Wildman–Crippen LogP) is 4.48. The number of rotatable bonds is 10. The predicted molar refractivity (Wildman–Crippen MR) is 128 cm³/mol. The largest absolute Gasteiger partial charge is 0.496 e. The highest BCUT2D eigenvalue weighted by Crippen LogP contribution is 2.32. The highest BCUT2D eigenvalue weighted by molar-refractivity contribution is 7.92. The molecule has 0 saturated carbocycles. The van der Waals surface area contributed by atoms with E-state index in [1.54, 1.807) is 26.2 Å². The molecule has 32 heavy (non-hydrogen) atoms. The summed E-state index contributed by atoms with van der Waals surface area (Å²) in [7, 11) is -0.692. The van der Waals surface area contributed by atoms with Gasteiger partial charge in [-0.2, -0.15) is 0 Å². The number of aryl methyl sites for hydroxylation is 1. The van der Waals surface area contributed by atoms with Crippen molar-refractivity contribution in [2.24, 2.45) is 0 Å². The maximum atomic E-state index is 13.3. The molecule has 2 atom stereocenters. The molecule has 2 aromatic carbocycles. The summed E-state index contributed by atoms with van der Waals surface area (Å²) in [6.45, 7) is 5.67. The Morgan fingerprint density at radius 1 is 1.06 bits per heavy atom. The average molecular weight is 483 g/mol. The number of carbonyl (C=O) groups excluding carboxylic acids is 1. The van der Waals surface area contributed by atoms with Crippen molar-refractivity contribution < 1.29 is 22.7 Å². The number of hydrogen-bond acceptors (Lipinski definition) is 5. The van der Waals surface area contributed by atoms with Crippen LogP contribution in [0.3, 0.4) is 0 Å². The van der Waals surface area contributed by atoms with Gasteiger partial charge in [-0.15, -0.1) is 0 Å². The number of nitrogens with zero attached hydrogens (tertiary/aromatic N) is 1. The average Bonchev–Trinajstić information content (AvgIpc) is 2.74. The van der Waals surface area contributed by atoms with Crippen molar-refractivity contribution in [3.63, 3.8) is 0 Å². The van der Waals surface area contributed by atoms with E-state index >= 15 is 0 Å². The summed E-state index contributed by atoms with van der Waals surface area (Å²) in [5.74, 6) is 0.800. The first-order chi connectivity index (χ1) is 15.1. The topological polar surface area (TPSA) is 84.9 Å². The number of hydrogen-bond donors (Lipinski definition) is 1. The maximum absolute atomic E-state index is 13.3. The Balaban J connectivity index is 2.38. The van der Waals surface area contributed by atoms with Crippen LogP contribution in [-0.4, -0.2) is 40.8 Å². The Kier molecular flexibility index (Phi) is 8.81. The van der Waals surface area contributed by atoms with Gasteiger partial charge in [-0.05, 0) is 55.2 Å². The molecule has 176 valence electrons. The van der Waals surface area contributed by atoms with Gasteiger partial charge in [0, 0.05) is 0 Å². The molecule has 2 aromatic rings. The van der Waals surface area contributed by atoms with Crippen LogP contribution in [0, 0.1) is 6.92 Å². The zero-order valence-electron chi connectivity index (χ0n) is 19.3. The number of sulfonamides is 1. The molecule has 0 radical (unpaired) electrons. The Morgan fingerprint density at radius 2 is 1.69 bits per heavy atom. The fourth-order valence-electron chi connectivity index (χ4n) is 3.66. The van der Waals surface area contributed by atoms with Crippen LogP contribution < -0.4 is 19.1 Å². The molecule has 7 nitrogen and oxygen atoms in total. The molecule has 1 N–H and O–H groups in total. The second-order valence-electron chi connectivity index (χ2n) is 7.50. The molecule has 0 aliphatic heterocycles. The van der Waals surface area contributed by atoms with Crippen molar-refractivity contribution in [2.75, 3.05) is 24.8 Å². The molecule has 0 bridgehead atoms. The molecule has 2 rings (SSSR count). The molecule has 9 heteroatoms. The van der Waals surface area contributed by atoms with Crippen LogP contribution in [0.25, 0.3) is 0 Å². The van der Waals surface area contributed by atoms with Crippen LogP contribution in [0.2, 0.25) is 5.02 Å². The molecule has 1 amide bonds. The number of halogens is 1. The van der Waals surface area contributed by atoms with Crippen molar-refractivity contribution in [3.05, 3.63) is 52.5 Å². The second-order valence-corrected chi connectivity index (χ2v) is 9.77. The lowest BCUT2D eigenvalue weighted by atomic mass is 10.0. The van der Waals surface area contributed by atoms with E-state index in [0.717, 1.165) is 27.4 Å². The van der Waals surface area contributed by atoms with Gasteiger partial charge in [0.2, 0.25) is 15.9 Å². The molecule has 0 unspecified atom stereocenters. The summed E-state index contributed by atoms with van der Waals surface area (Å²) < 4.78 is 37.0. The fraction of sp³-hybridized carbons (Fsp3) is 0.435. The molecule has 0 aromatic heterocycles. The first-order valence-electron chi connectivity index (χ1n) is 10.3. The lowest BCUT2D eigenvalue weighted by molar-refractivity contribution is -0.123. The number of benzene rings is 2. The van der Waals surface area contributed by atoms with Crippen molar-refractivity contribution in [1.82, 2.24) is 5.32 Å². The zero-order chi connectivity index (χ0) is 24.1. The summed E-state index contributed by atoms with van der Waals surface area (Å²) in [4.78, 5) is 13.3. The number of ether oxygens (including phenoxy) is 2. The third-order valence-electron chi connectivity index (χ3n) is 5.27. The monoisotopic (exact) mass is 482 g/mol. The van der Waals surface area contributed by atoms with Crippen LogP contribution >= 0.6 is 11.6 Å². The minimum atomic E-state index is -3.78. The highest BCUT2D eigenvalue weighted by atomic mass is 35.5. The van der Waals surface area contributed by atoms with Gasteiger partial charge in [-0.3, -0.25) is 9.10 Å². The van der Waals surface area contributed by atoms with Crippen LogP contribution in [0.1, 0.15) is 43.9 Å². The number of anilines is 1. The normalized spacial score (nSPS) is 13.2. The molecular formula is C23H31ClN2O5S. The molecular weight excluding hydrogens is 452 g/mol. The lowest BCUT2D eigenvalue weighted by Gasteiger charge is -2.31. The summed E-state index contributed by atoms with van der Waals surface area (Å²) in [5, 5.41) is 3.27. The van der Waals surface area contributed by atoms with E-state index in [0.29, 0.717) is 17.9 Å². The summed E-state index contributed by atoms with van der Waals surface area (Å²) in [6, 6.07) is 9.15. The van der Waals surface area contributed by atoms with Crippen molar-refractivity contribution in [2.45, 2.75) is 45.7 Å². The van der Waals surface area contributed by atoms with Crippen LogP contribution in [0.4, 0.5) is 5.69 Å². The number of nitrogens with one attached hydrogen (secondary N) is 1. The first kappa shape index (κ1) is 25.8. The summed E-state index contributed by atoms with van der Waals surface area (Å²) in [6.07, 6.45) is 1.99. The van der Waals surface area contributed by atoms with Crippen LogP contribution in [0.5, 0.6) is 11.5 Å². The number of carbonyl (C=O) groups is 1. The Labute approximate surface area is 195 Å². The zero-order valence-corrected chi connectivity index (χ0v) is 20.9. The molecule has 0 heterocycles. The van der Waals surface area contributed by atoms with Gasteiger partial charge in [0.1, 0.15) is 17.5 Å². The van der Waals surface area contributed by atoms with E-state index < -0.39 is 16.1 Å². The van der Waals surface area contributed by atoms with E-state index in [9.17, 15) is 13.2 Å². The third-order valence-corrected chi connectivity index (χ3v) is 6.74. The van der Waals surface area contributed by atoms with Crippen LogP contribution in [-0.2, 0) is 14.8 Å². The minimum Gasteiger partial charge on any atom is -0.496 e. The Morgan fingerprint density at radius 3 is 2.16 bits per heavy atom. The van der Waals surface area contributed by atoms with Crippen molar-refractivity contribution >= 4 is 33.2 Å². The SMILES string of the molecule is CC[C@H](NC(=O)[C@@H](CC)N(c1ccc(OC)c(Cl)c1)S(C)(=O)=O)c1ccc(OC)c(C)c1. The first-order valence-corrected chi connectivity index (χ1v) is 12.6. The number of methoxy groups -OCH3 is 2. The van der Waals surface area contributed by atoms with Gasteiger partial charge in [-0.25, -0.2) is 8.42 Å². The van der Waals surface area contributed by atoms with Crippen molar-refractivity contribution in [3.8, 4) is 11.5 Å². The number of amides is 1. The van der Waals surface area contributed by atoms with Crippen LogP contribution in [0.15, 0.2) is 36.4 Å². The molecule has 0 spiro atoms. The fourth-order valence-corrected chi connectivity index (χ4v) is 5.12. The van der Waals surface area contributed by atoms with Crippen molar-refractivity contribution in [1.29, 1.82) is 0 Å². The Bertz CT molecular complexity index is 1060.